The molecule has 2 fully saturated rings. The Hall–Kier alpha value is -0.610. The van der Waals surface area contributed by atoms with E-state index in [-0.39, 0.29) is 11.5 Å². The predicted octanol–water partition coefficient (Wildman–Crippen LogP) is 2.32. The topological polar surface area (TPSA) is 41.6 Å². The number of amides is 1. The second-order valence-corrected chi connectivity index (χ2v) is 6.38. The number of carbonyl (C=O) groups excluding carboxylic acids is 1. The van der Waals surface area contributed by atoms with Crippen molar-refractivity contribution in [1.29, 1.82) is 0 Å². The van der Waals surface area contributed by atoms with Crippen LogP contribution in [0.25, 0.3) is 0 Å². The number of carbonyl (C=O) groups is 1. The van der Waals surface area contributed by atoms with E-state index in [0.717, 1.165) is 58.2 Å². The Balaban J connectivity index is 1.81. The van der Waals surface area contributed by atoms with Gasteiger partial charge in [-0.1, -0.05) is 13.8 Å². The Morgan fingerprint density at radius 2 is 1.85 bits per heavy atom. The van der Waals surface area contributed by atoms with Crippen molar-refractivity contribution < 1.29 is 9.53 Å². The normalized spacial score (nSPS) is 27.6. The van der Waals surface area contributed by atoms with Crippen LogP contribution in [0.3, 0.4) is 0 Å². The number of piperidine rings is 1. The molecule has 0 radical (unpaired) electrons. The van der Waals surface area contributed by atoms with Crippen molar-refractivity contribution in [1.82, 2.24) is 10.2 Å². The number of hydrogen-bond donors (Lipinski definition) is 1. The van der Waals surface area contributed by atoms with Crippen LogP contribution in [-0.4, -0.2) is 48.2 Å². The van der Waals surface area contributed by atoms with Crippen LogP contribution in [0, 0.1) is 0 Å². The Morgan fingerprint density at radius 1 is 1.20 bits per heavy atom. The minimum Gasteiger partial charge on any atom is -0.375 e. The summed E-state index contributed by atoms with van der Waals surface area (Å²) in [5.41, 5.74) is 0.0933. The molecule has 20 heavy (non-hydrogen) atoms. The molecule has 0 spiro atoms. The van der Waals surface area contributed by atoms with Crippen LogP contribution in [-0.2, 0) is 9.53 Å². The number of likely N-dealkylation sites (tertiary alicyclic amines) is 1. The van der Waals surface area contributed by atoms with Crippen LogP contribution >= 0.6 is 0 Å². The Labute approximate surface area is 123 Å². The van der Waals surface area contributed by atoms with E-state index in [1.807, 2.05) is 4.90 Å². The number of ether oxygens (including phenoxy) is 1. The molecule has 0 bridgehead atoms. The van der Waals surface area contributed by atoms with Gasteiger partial charge in [0.15, 0.2) is 0 Å². The van der Waals surface area contributed by atoms with Gasteiger partial charge in [0.25, 0.3) is 0 Å². The summed E-state index contributed by atoms with van der Waals surface area (Å²) in [6.07, 6.45) is 6.63. The van der Waals surface area contributed by atoms with Gasteiger partial charge in [-0.2, -0.15) is 0 Å². The van der Waals surface area contributed by atoms with Gasteiger partial charge in [0.2, 0.25) is 5.91 Å². The van der Waals surface area contributed by atoms with Crippen molar-refractivity contribution in [2.24, 2.45) is 0 Å². The highest BCUT2D eigenvalue weighted by atomic mass is 16.5. The summed E-state index contributed by atoms with van der Waals surface area (Å²) >= 11 is 0. The molecule has 2 aliphatic rings. The largest absolute Gasteiger partial charge is 0.375 e. The molecular weight excluding hydrogens is 252 g/mol. The van der Waals surface area contributed by atoms with Crippen LogP contribution < -0.4 is 5.32 Å². The third-order valence-corrected chi connectivity index (χ3v) is 5.19. The summed E-state index contributed by atoms with van der Waals surface area (Å²) in [6, 6.07) is 1.15. The first kappa shape index (κ1) is 15.8. The standard InChI is InChI=1S/C16H30N2O2/c1-4-16(5-2)12-15(8-11-20-16)17-14-6-9-18(10-7-14)13(3)19/h14-15,17H,4-12H2,1-3H3. The summed E-state index contributed by atoms with van der Waals surface area (Å²) in [7, 11) is 0. The second-order valence-electron chi connectivity index (χ2n) is 6.38. The van der Waals surface area contributed by atoms with Crippen molar-refractivity contribution in [3.63, 3.8) is 0 Å². The van der Waals surface area contributed by atoms with E-state index in [2.05, 4.69) is 19.2 Å². The second kappa shape index (κ2) is 6.90. The molecule has 2 saturated heterocycles. The summed E-state index contributed by atoms with van der Waals surface area (Å²) in [5, 5.41) is 3.82. The molecule has 2 heterocycles. The first-order chi connectivity index (χ1) is 9.58. The first-order valence-electron chi connectivity index (χ1n) is 8.24. The summed E-state index contributed by atoms with van der Waals surface area (Å²) in [4.78, 5) is 13.3. The molecule has 4 heteroatoms. The lowest BCUT2D eigenvalue weighted by Gasteiger charge is -2.42. The fourth-order valence-electron chi connectivity index (χ4n) is 3.61. The molecule has 0 aromatic rings. The average molecular weight is 282 g/mol. The molecule has 116 valence electrons. The van der Waals surface area contributed by atoms with Crippen molar-refractivity contribution in [2.75, 3.05) is 19.7 Å². The Bertz CT molecular complexity index is 320. The summed E-state index contributed by atoms with van der Waals surface area (Å²) in [6.45, 7) is 8.83. The number of nitrogens with one attached hydrogen (secondary N) is 1. The highest BCUT2D eigenvalue weighted by Crippen LogP contribution is 2.31. The van der Waals surface area contributed by atoms with Crippen molar-refractivity contribution in [3.8, 4) is 0 Å². The van der Waals surface area contributed by atoms with Gasteiger partial charge >= 0.3 is 0 Å². The minimum absolute atomic E-state index is 0.0933. The van der Waals surface area contributed by atoms with E-state index in [1.165, 1.54) is 0 Å². The number of rotatable bonds is 4. The van der Waals surface area contributed by atoms with Gasteiger partial charge in [-0.3, -0.25) is 4.79 Å². The van der Waals surface area contributed by atoms with Gasteiger partial charge in [0, 0.05) is 38.7 Å². The maximum atomic E-state index is 11.3. The maximum absolute atomic E-state index is 11.3. The van der Waals surface area contributed by atoms with Gasteiger partial charge in [-0.05, 0) is 38.5 Å². The van der Waals surface area contributed by atoms with Crippen LogP contribution in [0.1, 0.15) is 59.3 Å². The van der Waals surface area contributed by atoms with Crippen molar-refractivity contribution >= 4 is 5.91 Å². The Morgan fingerprint density at radius 3 is 2.40 bits per heavy atom. The van der Waals surface area contributed by atoms with E-state index in [4.69, 9.17) is 4.74 Å². The highest BCUT2D eigenvalue weighted by Gasteiger charge is 2.35. The van der Waals surface area contributed by atoms with Crippen LogP contribution in [0.15, 0.2) is 0 Å². The molecular formula is C16H30N2O2. The summed E-state index contributed by atoms with van der Waals surface area (Å²) < 4.78 is 6.04. The third-order valence-electron chi connectivity index (χ3n) is 5.19. The third kappa shape index (κ3) is 3.73. The highest BCUT2D eigenvalue weighted by molar-refractivity contribution is 5.73. The van der Waals surface area contributed by atoms with E-state index in [9.17, 15) is 4.79 Å². The maximum Gasteiger partial charge on any atom is 0.219 e. The minimum atomic E-state index is 0.0933. The monoisotopic (exact) mass is 282 g/mol. The van der Waals surface area contributed by atoms with E-state index in [1.54, 1.807) is 6.92 Å². The predicted molar refractivity (Wildman–Crippen MR) is 80.7 cm³/mol. The molecule has 1 atom stereocenters. The fraction of sp³-hybridized carbons (Fsp3) is 0.938. The van der Waals surface area contributed by atoms with E-state index < -0.39 is 0 Å². The quantitative estimate of drug-likeness (QED) is 0.860. The van der Waals surface area contributed by atoms with Crippen LogP contribution in [0.4, 0.5) is 0 Å². The smallest absolute Gasteiger partial charge is 0.219 e. The van der Waals surface area contributed by atoms with Gasteiger partial charge in [0.05, 0.1) is 5.60 Å². The zero-order valence-corrected chi connectivity index (χ0v) is 13.3. The lowest BCUT2D eigenvalue weighted by Crippen LogP contribution is -2.52. The van der Waals surface area contributed by atoms with Crippen LogP contribution in [0.5, 0.6) is 0 Å². The lowest BCUT2D eigenvalue weighted by atomic mass is 9.85. The molecule has 0 aromatic carbocycles. The molecule has 0 saturated carbocycles. The molecule has 0 aromatic heterocycles. The SMILES string of the molecule is CCC1(CC)CC(NC2CCN(C(C)=O)CC2)CCO1. The zero-order valence-electron chi connectivity index (χ0n) is 13.3. The van der Waals surface area contributed by atoms with Gasteiger partial charge in [-0.25, -0.2) is 0 Å². The molecule has 1 unspecified atom stereocenters. The molecule has 1 N–H and O–H groups in total. The number of hydrogen-bond acceptors (Lipinski definition) is 3. The Kier molecular flexibility index (Phi) is 5.44. The molecule has 2 aliphatic heterocycles. The molecule has 4 nitrogen and oxygen atoms in total. The van der Waals surface area contributed by atoms with Crippen molar-refractivity contribution in [3.05, 3.63) is 0 Å². The zero-order chi connectivity index (χ0) is 14.6. The van der Waals surface area contributed by atoms with E-state index in [0.29, 0.717) is 12.1 Å². The van der Waals surface area contributed by atoms with Gasteiger partial charge in [0.1, 0.15) is 0 Å². The lowest BCUT2D eigenvalue weighted by molar-refractivity contribution is -0.130. The van der Waals surface area contributed by atoms with Gasteiger partial charge < -0.3 is 15.0 Å². The molecule has 1 amide bonds. The summed E-state index contributed by atoms with van der Waals surface area (Å²) in [5.74, 6) is 0.213. The van der Waals surface area contributed by atoms with Crippen LogP contribution in [0.2, 0.25) is 0 Å². The van der Waals surface area contributed by atoms with E-state index >= 15 is 0 Å². The fourth-order valence-corrected chi connectivity index (χ4v) is 3.61. The van der Waals surface area contributed by atoms with Gasteiger partial charge in [-0.15, -0.1) is 0 Å². The average Bonchev–Trinajstić information content (AvgIpc) is 2.48. The number of nitrogens with zero attached hydrogens (tertiary/aromatic N) is 1. The van der Waals surface area contributed by atoms with Crippen molar-refractivity contribution in [2.45, 2.75) is 77.0 Å². The molecule has 0 aliphatic carbocycles. The first-order valence-corrected chi connectivity index (χ1v) is 8.24. The molecule has 2 rings (SSSR count).